The SMILES string of the molecule is CCCCC1CCC(C(=O)N2CCN(C(=O)C3CC3c3cccs3)CC2)CC1. The first kappa shape index (κ1) is 19.9. The number of nitrogens with zero attached hydrogens (tertiary/aromatic N) is 2. The predicted octanol–water partition coefficient (Wildman–Crippen LogP) is 4.52. The highest BCUT2D eigenvalue weighted by atomic mass is 32.1. The fraction of sp³-hybridized carbons (Fsp3) is 0.739. The molecule has 3 aliphatic rings. The summed E-state index contributed by atoms with van der Waals surface area (Å²) in [6.45, 7) is 5.12. The van der Waals surface area contributed by atoms with E-state index in [1.54, 1.807) is 11.3 Å². The van der Waals surface area contributed by atoms with Crippen molar-refractivity contribution < 1.29 is 9.59 Å². The lowest BCUT2D eigenvalue weighted by atomic mass is 9.79. The molecule has 2 heterocycles. The number of amides is 2. The van der Waals surface area contributed by atoms with Gasteiger partial charge in [0.05, 0.1) is 0 Å². The molecule has 1 aliphatic heterocycles. The molecule has 2 amide bonds. The normalized spacial score (nSPS) is 30.3. The maximum atomic E-state index is 12.9. The van der Waals surface area contributed by atoms with E-state index in [-0.39, 0.29) is 11.8 Å². The quantitative estimate of drug-likeness (QED) is 0.702. The van der Waals surface area contributed by atoms with E-state index in [0.29, 0.717) is 30.8 Å². The Morgan fingerprint density at radius 3 is 2.32 bits per heavy atom. The third-order valence-electron chi connectivity index (χ3n) is 7.08. The maximum absolute atomic E-state index is 12.9. The van der Waals surface area contributed by atoms with Gasteiger partial charge in [0.15, 0.2) is 0 Å². The van der Waals surface area contributed by atoms with Crippen LogP contribution in [0.2, 0.25) is 0 Å². The van der Waals surface area contributed by atoms with Gasteiger partial charge in [-0.05, 0) is 49.5 Å². The Morgan fingerprint density at radius 1 is 1.04 bits per heavy atom. The highest BCUT2D eigenvalue weighted by Gasteiger charge is 2.46. The fourth-order valence-corrected chi connectivity index (χ4v) is 6.02. The zero-order chi connectivity index (χ0) is 19.5. The van der Waals surface area contributed by atoms with Crippen LogP contribution in [0.5, 0.6) is 0 Å². The van der Waals surface area contributed by atoms with Crippen molar-refractivity contribution >= 4 is 23.2 Å². The molecular weight excluding hydrogens is 368 g/mol. The molecule has 28 heavy (non-hydrogen) atoms. The molecule has 0 aromatic carbocycles. The molecule has 1 aromatic heterocycles. The van der Waals surface area contributed by atoms with Crippen LogP contribution in [-0.2, 0) is 9.59 Å². The van der Waals surface area contributed by atoms with Gasteiger partial charge in [-0.2, -0.15) is 0 Å². The van der Waals surface area contributed by atoms with Crippen molar-refractivity contribution in [3.63, 3.8) is 0 Å². The van der Waals surface area contributed by atoms with Crippen LogP contribution >= 0.6 is 11.3 Å². The second-order valence-corrected chi connectivity index (χ2v) is 9.95. The Hall–Kier alpha value is -1.36. The Labute approximate surface area is 173 Å². The Balaban J connectivity index is 1.20. The van der Waals surface area contributed by atoms with Gasteiger partial charge in [-0.3, -0.25) is 9.59 Å². The first-order valence-corrected chi connectivity index (χ1v) is 12.2. The molecule has 3 fully saturated rings. The minimum atomic E-state index is 0.180. The van der Waals surface area contributed by atoms with Gasteiger partial charge < -0.3 is 9.80 Å². The van der Waals surface area contributed by atoms with Gasteiger partial charge in [0, 0.05) is 48.8 Å². The molecule has 2 unspecified atom stereocenters. The number of hydrogen-bond donors (Lipinski definition) is 0. The maximum Gasteiger partial charge on any atom is 0.226 e. The van der Waals surface area contributed by atoms with Gasteiger partial charge >= 0.3 is 0 Å². The summed E-state index contributed by atoms with van der Waals surface area (Å²) in [6.07, 6.45) is 9.52. The van der Waals surface area contributed by atoms with E-state index in [4.69, 9.17) is 0 Å². The van der Waals surface area contributed by atoms with Gasteiger partial charge in [-0.15, -0.1) is 11.3 Å². The number of hydrogen-bond acceptors (Lipinski definition) is 3. The van der Waals surface area contributed by atoms with Crippen molar-refractivity contribution in [1.82, 2.24) is 9.80 Å². The zero-order valence-electron chi connectivity index (χ0n) is 17.1. The summed E-state index contributed by atoms with van der Waals surface area (Å²) >= 11 is 1.76. The molecular formula is C23H34N2O2S. The Morgan fingerprint density at radius 2 is 1.71 bits per heavy atom. The zero-order valence-corrected chi connectivity index (χ0v) is 18.0. The Bertz CT molecular complexity index is 658. The number of piperazine rings is 1. The van der Waals surface area contributed by atoms with Crippen LogP contribution in [0, 0.1) is 17.8 Å². The third-order valence-corrected chi connectivity index (χ3v) is 8.09. The molecule has 2 atom stereocenters. The highest BCUT2D eigenvalue weighted by Crippen LogP contribution is 2.50. The van der Waals surface area contributed by atoms with Crippen LogP contribution in [0.25, 0.3) is 0 Å². The summed E-state index contributed by atoms with van der Waals surface area (Å²) in [5, 5.41) is 2.09. The average Bonchev–Trinajstić information content (AvgIpc) is 3.36. The lowest BCUT2D eigenvalue weighted by molar-refractivity contribution is -0.143. The summed E-state index contributed by atoms with van der Waals surface area (Å²) in [5.41, 5.74) is 0. The second-order valence-electron chi connectivity index (χ2n) is 8.97. The van der Waals surface area contributed by atoms with E-state index in [0.717, 1.165) is 38.3 Å². The van der Waals surface area contributed by atoms with E-state index in [2.05, 4.69) is 24.4 Å². The predicted molar refractivity (Wildman–Crippen MR) is 113 cm³/mol. The van der Waals surface area contributed by atoms with Crippen LogP contribution in [0.4, 0.5) is 0 Å². The van der Waals surface area contributed by atoms with Gasteiger partial charge in [0.2, 0.25) is 11.8 Å². The van der Waals surface area contributed by atoms with Gasteiger partial charge in [-0.1, -0.05) is 32.3 Å². The van der Waals surface area contributed by atoms with Crippen molar-refractivity contribution in [2.75, 3.05) is 26.2 Å². The second kappa shape index (κ2) is 8.98. The molecule has 0 N–H and O–H groups in total. The average molecular weight is 403 g/mol. The molecule has 2 aliphatic carbocycles. The van der Waals surface area contributed by atoms with Crippen LogP contribution < -0.4 is 0 Å². The van der Waals surface area contributed by atoms with Crippen LogP contribution in [-0.4, -0.2) is 47.8 Å². The lowest BCUT2D eigenvalue weighted by Crippen LogP contribution is -2.52. The molecule has 0 radical (unpaired) electrons. The minimum absolute atomic E-state index is 0.180. The van der Waals surface area contributed by atoms with Crippen LogP contribution in [0.1, 0.15) is 69.1 Å². The summed E-state index contributed by atoms with van der Waals surface area (Å²) in [4.78, 5) is 31.1. The monoisotopic (exact) mass is 402 g/mol. The largest absolute Gasteiger partial charge is 0.339 e. The van der Waals surface area contributed by atoms with Gasteiger partial charge in [0.25, 0.3) is 0 Å². The van der Waals surface area contributed by atoms with Crippen LogP contribution in [0.3, 0.4) is 0 Å². The molecule has 1 aromatic rings. The van der Waals surface area contributed by atoms with Crippen molar-refractivity contribution in [2.24, 2.45) is 17.8 Å². The topological polar surface area (TPSA) is 40.6 Å². The summed E-state index contributed by atoms with van der Waals surface area (Å²) in [7, 11) is 0. The highest BCUT2D eigenvalue weighted by molar-refractivity contribution is 7.10. The van der Waals surface area contributed by atoms with Crippen molar-refractivity contribution in [3.05, 3.63) is 22.4 Å². The molecule has 0 bridgehead atoms. The number of rotatable bonds is 6. The number of carbonyl (C=O) groups is 2. The van der Waals surface area contributed by atoms with E-state index in [1.165, 1.54) is 37.0 Å². The molecule has 0 spiro atoms. The van der Waals surface area contributed by atoms with Gasteiger partial charge in [-0.25, -0.2) is 0 Å². The van der Waals surface area contributed by atoms with Gasteiger partial charge in [0.1, 0.15) is 0 Å². The molecule has 5 heteroatoms. The van der Waals surface area contributed by atoms with E-state index in [1.807, 2.05) is 9.80 Å². The Kier molecular flexibility index (Phi) is 6.39. The van der Waals surface area contributed by atoms with E-state index in [9.17, 15) is 9.59 Å². The van der Waals surface area contributed by atoms with Crippen LogP contribution in [0.15, 0.2) is 17.5 Å². The van der Waals surface area contributed by atoms with E-state index >= 15 is 0 Å². The first-order chi connectivity index (χ1) is 13.7. The number of thiophene rings is 1. The summed E-state index contributed by atoms with van der Waals surface area (Å²) < 4.78 is 0. The number of carbonyl (C=O) groups excluding carboxylic acids is 2. The molecule has 4 rings (SSSR count). The molecule has 4 nitrogen and oxygen atoms in total. The molecule has 2 saturated carbocycles. The van der Waals surface area contributed by atoms with Crippen molar-refractivity contribution in [1.29, 1.82) is 0 Å². The third kappa shape index (κ3) is 4.45. The van der Waals surface area contributed by atoms with Crippen molar-refractivity contribution in [2.45, 2.75) is 64.2 Å². The fourth-order valence-electron chi connectivity index (χ4n) is 5.12. The summed E-state index contributed by atoms with van der Waals surface area (Å²) in [6, 6.07) is 4.22. The molecule has 1 saturated heterocycles. The number of unbranched alkanes of at least 4 members (excludes halogenated alkanes) is 1. The first-order valence-electron chi connectivity index (χ1n) is 11.3. The lowest BCUT2D eigenvalue weighted by Gasteiger charge is -2.38. The smallest absolute Gasteiger partial charge is 0.226 e. The van der Waals surface area contributed by atoms with E-state index < -0.39 is 0 Å². The summed E-state index contributed by atoms with van der Waals surface area (Å²) in [5.74, 6) is 2.35. The molecule has 154 valence electrons. The van der Waals surface area contributed by atoms with Crippen molar-refractivity contribution in [3.8, 4) is 0 Å². The standard InChI is InChI=1S/C23H34N2O2S/c1-2-3-5-17-7-9-18(10-8-17)22(26)24-11-13-25(14-12-24)23(27)20-16-19(20)21-6-4-15-28-21/h4,6,15,17-20H,2-3,5,7-14,16H2,1H3. The minimum Gasteiger partial charge on any atom is -0.339 e.